The maximum absolute atomic E-state index is 11.5. The molecule has 0 saturated heterocycles. The van der Waals surface area contributed by atoms with E-state index >= 15 is 0 Å². The van der Waals surface area contributed by atoms with Gasteiger partial charge >= 0.3 is 12.1 Å². The molecule has 0 amide bonds. The summed E-state index contributed by atoms with van der Waals surface area (Å²) in [5.74, 6) is 0.997. The first kappa shape index (κ1) is 28.2. The Morgan fingerprint density at radius 2 is 1.69 bits per heavy atom. The number of ether oxygens (including phenoxy) is 1. The minimum Gasteiger partial charge on any atom is -0.481 e. The lowest BCUT2D eigenvalue weighted by molar-refractivity contribution is -0.207. The van der Waals surface area contributed by atoms with E-state index in [0.29, 0.717) is 30.1 Å². The summed E-state index contributed by atoms with van der Waals surface area (Å²) in [6.07, 6.45) is 4.79. The number of rotatable bonds is 5. The van der Waals surface area contributed by atoms with Crippen molar-refractivity contribution in [2.45, 2.75) is 104 Å². The average molecular weight is 499 g/mol. The SMILES string of the molecule is CCOC(=O)O.C[C@H](CCC(=O)O)[C@H]1CCC2C3C(C[C@H](O)[C@@]21C)[C@@]1(C)CC[C@@H](O)C[C@H]1C[C@H]3O. The van der Waals surface area contributed by atoms with Crippen molar-refractivity contribution in [3.63, 3.8) is 0 Å². The third-order valence-electron chi connectivity index (χ3n) is 10.6. The molecule has 0 heterocycles. The average Bonchev–Trinajstić information content (AvgIpc) is 3.13. The van der Waals surface area contributed by atoms with Crippen molar-refractivity contribution in [1.29, 1.82) is 0 Å². The third kappa shape index (κ3) is 5.35. The topological polar surface area (TPSA) is 145 Å². The van der Waals surface area contributed by atoms with Crippen molar-refractivity contribution in [3.05, 3.63) is 0 Å². The predicted octanol–water partition coefficient (Wildman–Crippen LogP) is 4.15. The van der Waals surface area contributed by atoms with Crippen molar-refractivity contribution in [2.24, 2.45) is 46.3 Å². The standard InChI is InChI=1S/C24H40O5.C3H6O3/c1-13(4-7-21(28)29)16-5-6-17-22-18(12-20(27)24(16,17)3)23(2)9-8-15(25)10-14(23)11-19(22)26;1-2-6-3(4)5/h13-20,22,25-27H,4-12H2,1-3H3,(H,28,29);2H2,1H3,(H,4,5)/t13-,14+,15-,16-,17?,18?,19-,20+,22?,23+,24-;/m1./s1. The zero-order valence-electron chi connectivity index (χ0n) is 21.7. The van der Waals surface area contributed by atoms with E-state index < -0.39 is 18.2 Å². The van der Waals surface area contributed by atoms with Crippen molar-refractivity contribution >= 4 is 12.1 Å². The zero-order chi connectivity index (χ0) is 26.1. The summed E-state index contributed by atoms with van der Waals surface area (Å²) < 4.78 is 3.96. The summed E-state index contributed by atoms with van der Waals surface area (Å²) in [4.78, 5) is 20.4. The number of aliphatic hydroxyl groups is 3. The molecule has 4 saturated carbocycles. The fourth-order valence-corrected chi connectivity index (χ4v) is 8.81. The van der Waals surface area contributed by atoms with Crippen LogP contribution in [0.15, 0.2) is 0 Å². The molecule has 8 nitrogen and oxygen atoms in total. The van der Waals surface area contributed by atoms with E-state index in [1.165, 1.54) is 0 Å². The van der Waals surface area contributed by atoms with E-state index in [1.807, 2.05) is 0 Å². The van der Waals surface area contributed by atoms with Crippen LogP contribution in [0.25, 0.3) is 0 Å². The molecule has 202 valence electrons. The third-order valence-corrected chi connectivity index (χ3v) is 10.6. The Balaban J connectivity index is 0.000000509. The highest BCUT2D eigenvalue weighted by molar-refractivity contribution is 5.66. The molecule has 35 heavy (non-hydrogen) atoms. The summed E-state index contributed by atoms with van der Waals surface area (Å²) in [7, 11) is 0. The van der Waals surface area contributed by atoms with Gasteiger partial charge in [0.2, 0.25) is 0 Å². The largest absolute Gasteiger partial charge is 0.505 e. The van der Waals surface area contributed by atoms with E-state index in [0.717, 1.165) is 44.9 Å². The molecule has 0 spiro atoms. The van der Waals surface area contributed by atoms with Gasteiger partial charge in [0.15, 0.2) is 0 Å². The molecule has 0 radical (unpaired) electrons. The summed E-state index contributed by atoms with van der Waals surface area (Å²) in [6, 6.07) is 0. The highest BCUT2D eigenvalue weighted by atomic mass is 16.7. The first-order valence-corrected chi connectivity index (χ1v) is 13.5. The van der Waals surface area contributed by atoms with Crippen LogP contribution in [0.4, 0.5) is 4.79 Å². The second kappa shape index (κ2) is 10.9. The summed E-state index contributed by atoms with van der Waals surface area (Å²) in [5, 5.41) is 49.7. The maximum Gasteiger partial charge on any atom is 0.505 e. The second-order valence-electron chi connectivity index (χ2n) is 12.1. The highest BCUT2D eigenvalue weighted by Gasteiger charge is 2.65. The smallest absolute Gasteiger partial charge is 0.481 e. The Hall–Kier alpha value is -1.38. The molecule has 4 aliphatic carbocycles. The second-order valence-corrected chi connectivity index (χ2v) is 12.1. The monoisotopic (exact) mass is 498 g/mol. The molecule has 5 N–H and O–H groups in total. The van der Waals surface area contributed by atoms with Crippen LogP contribution in [0.3, 0.4) is 0 Å². The minimum atomic E-state index is -1.21. The van der Waals surface area contributed by atoms with Gasteiger partial charge in [0, 0.05) is 6.42 Å². The Morgan fingerprint density at radius 3 is 2.26 bits per heavy atom. The lowest BCUT2D eigenvalue weighted by atomic mass is 9.43. The van der Waals surface area contributed by atoms with Crippen molar-refractivity contribution in [3.8, 4) is 0 Å². The number of carbonyl (C=O) groups is 2. The number of fused-ring (bicyclic) bond motifs is 5. The molecule has 0 aromatic heterocycles. The Bertz CT molecular complexity index is 757. The van der Waals surface area contributed by atoms with Gasteiger partial charge in [0.1, 0.15) is 0 Å². The Kier molecular flexibility index (Phi) is 8.81. The number of aliphatic hydroxyl groups excluding tert-OH is 3. The van der Waals surface area contributed by atoms with Crippen LogP contribution in [-0.4, -0.2) is 62.6 Å². The maximum atomic E-state index is 11.5. The number of carboxylic acid groups (broad SMARTS) is 2. The molecular formula is C27H46O8. The van der Waals surface area contributed by atoms with E-state index in [-0.39, 0.29) is 47.9 Å². The van der Waals surface area contributed by atoms with Gasteiger partial charge in [-0.1, -0.05) is 20.8 Å². The van der Waals surface area contributed by atoms with Crippen molar-refractivity contribution in [2.75, 3.05) is 6.61 Å². The fraction of sp³-hybridized carbons (Fsp3) is 0.926. The highest BCUT2D eigenvalue weighted by Crippen LogP contribution is 2.68. The number of hydrogen-bond donors (Lipinski definition) is 5. The Labute approximate surface area is 209 Å². The Morgan fingerprint density at radius 1 is 1.00 bits per heavy atom. The van der Waals surface area contributed by atoms with Gasteiger partial charge in [-0.2, -0.15) is 0 Å². The van der Waals surface area contributed by atoms with Crippen LogP contribution in [0.5, 0.6) is 0 Å². The minimum absolute atomic E-state index is 0.0957. The quantitative estimate of drug-likeness (QED) is 0.356. The molecule has 0 bridgehead atoms. The van der Waals surface area contributed by atoms with Gasteiger partial charge in [-0.15, -0.1) is 0 Å². The molecular weight excluding hydrogens is 452 g/mol. The zero-order valence-corrected chi connectivity index (χ0v) is 21.7. The lowest BCUT2D eigenvalue weighted by Gasteiger charge is -2.63. The number of hydrogen-bond acceptors (Lipinski definition) is 6. The molecule has 3 unspecified atom stereocenters. The van der Waals surface area contributed by atoms with Gasteiger partial charge < -0.3 is 30.3 Å². The van der Waals surface area contributed by atoms with Crippen molar-refractivity contribution < 1.29 is 39.9 Å². The van der Waals surface area contributed by atoms with Crippen LogP contribution >= 0.6 is 0 Å². The van der Waals surface area contributed by atoms with E-state index in [4.69, 9.17) is 10.2 Å². The normalized spacial score (nSPS) is 45.1. The molecule has 4 rings (SSSR count). The molecule has 11 atom stereocenters. The van der Waals surface area contributed by atoms with E-state index in [9.17, 15) is 24.9 Å². The summed E-state index contributed by atoms with van der Waals surface area (Å²) >= 11 is 0. The van der Waals surface area contributed by atoms with E-state index in [2.05, 4.69) is 25.5 Å². The van der Waals surface area contributed by atoms with Gasteiger partial charge in [-0.05, 0) is 105 Å². The van der Waals surface area contributed by atoms with Gasteiger partial charge in [0.05, 0.1) is 24.9 Å². The molecule has 0 aromatic carbocycles. The first-order valence-electron chi connectivity index (χ1n) is 13.5. The van der Waals surface area contributed by atoms with E-state index in [1.54, 1.807) is 6.92 Å². The summed E-state index contributed by atoms with van der Waals surface area (Å²) in [5.41, 5.74) is -0.143. The van der Waals surface area contributed by atoms with Crippen molar-refractivity contribution in [1.82, 2.24) is 0 Å². The van der Waals surface area contributed by atoms with Crippen LogP contribution < -0.4 is 0 Å². The van der Waals surface area contributed by atoms with Gasteiger partial charge in [-0.25, -0.2) is 4.79 Å². The fourth-order valence-electron chi connectivity index (χ4n) is 8.81. The molecule has 8 heteroatoms. The predicted molar refractivity (Wildman–Crippen MR) is 130 cm³/mol. The molecule has 4 fully saturated rings. The lowest BCUT2D eigenvalue weighted by Crippen LogP contribution is -2.62. The molecule has 0 aliphatic heterocycles. The van der Waals surface area contributed by atoms with Crippen LogP contribution in [0, 0.1) is 46.3 Å². The van der Waals surface area contributed by atoms with Crippen LogP contribution in [0.2, 0.25) is 0 Å². The first-order chi connectivity index (χ1) is 16.4. The number of aliphatic carboxylic acids is 1. The number of carboxylic acids is 1. The van der Waals surface area contributed by atoms with Gasteiger partial charge in [0.25, 0.3) is 0 Å². The molecule has 4 aliphatic rings. The van der Waals surface area contributed by atoms with Crippen LogP contribution in [0.1, 0.15) is 85.5 Å². The summed E-state index contributed by atoms with van der Waals surface area (Å²) in [6.45, 7) is 8.57. The van der Waals surface area contributed by atoms with Gasteiger partial charge in [-0.3, -0.25) is 4.79 Å². The molecule has 0 aromatic rings. The van der Waals surface area contributed by atoms with Crippen LogP contribution in [-0.2, 0) is 9.53 Å².